The molecule has 0 atom stereocenters. The van der Waals surface area contributed by atoms with Crippen molar-refractivity contribution in [3.8, 4) is 11.1 Å². The number of benzene rings is 1. The van der Waals surface area contributed by atoms with Crippen LogP contribution in [0.2, 0.25) is 0 Å². The number of rotatable bonds is 3. The van der Waals surface area contributed by atoms with Crippen molar-refractivity contribution in [2.45, 2.75) is 13.3 Å². The van der Waals surface area contributed by atoms with Crippen molar-refractivity contribution in [1.82, 2.24) is 9.97 Å². The lowest BCUT2D eigenvalue weighted by molar-refractivity contribution is 0.317. The SMILES string of the molecule is C/C(Cc1ccc(-c2cncnc2)cc1)=N\O. The van der Waals surface area contributed by atoms with Gasteiger partial charge in [0.2, 0.25) is 0 Å². The minimum Gasteiger partial charge on any atom is -0.411 e. The van der Waals surface area contributed by atoms with E-state index in [1.165, 1.54) is 6.33 Å². The molecule has 1 N–H and O–H groups in total. The first-order valence-corrected chi connectivity index (χ1v) is 5.31. The Morgan fingerprint density at radius 2 is 1.76 bits per heavy atom. The highest BCUT2D eigenvalue weighted by Gasteiger charge is 2.00. The van der Waals surface area contributed by atoms with Crippen LogP contribution in [0.25, 0.3) is 11.1 Å². The third-order valence-electron chi connectivity index (χ3n) is 2.48. The molecule has 0 aliphatic carbocycles. The lowest BCUT2D eigenvalue weighted by atomic mass is 10.0. The summed E-state index contributed by atoms with van der Waals surface area (Å²) in [6.07, 6.45) is 5.73. The third-order valence-corrected chi connectivity index (χ3v) is 2.48. The van der Waals surface area contributed by atoms with Gasteiger partial charge in [0, 0.05) is 24.4 Å². The molecule has 0 aliphatic rings. The zero-order chi connectivity index (χ0) is 12.1. The molecule has 0 amide bonds. The molecule has 1 heterocycles. The van der Waals surface area contributed by atoms with E-state index in [1.807, 2.05) is 24.3 Å². The molecule has 0 unspecified atom stereocenters. The van der Waals surface area contributed by atoms with Crippen molar-refractivity contribution in [2.24, 2.45) is 5.16 Å². The maximum atomic E-state index is 8.60. The zero-order valence-electron chi connectivity index (χ0n) is 9.54. The minimum atomic E-state index is 0.655. The first-order chi connectivity index (χ1) is 8.29. The van der Waals surface area contributed by atoms with Gasteiger partial charge in [-0.1, -0.05) is 29.4 Å². The molecular formula is C13H13N3O. The summed E-state index contributed by atoms with van der Waals surface area (Å²) in [6.45, 7) is 1.79. The Kier molecular flexibility index (Phi) is 3.45. The van der Waals surface area contributed by atoms with Crippen molar-refractivity contribution in [1.29, 1.82) is 0 Å². The molecule has 0 spiro atoms. The quantitative estimate of drug-likeness (QED) is 0.498. The normalized spacial score (nSPS) is 11.5. The summed E-state index contributed by atoms with van der Waals surface area (Å²) in [5.41, 5.74) is 3.88. The molecular weight excluding hydrogens is 214 g/mol. The highest BCUT2D eigenvalue weighted by Crippen LogP contribution is 2.17. The number of oxime groups is 1. The molecule has 0 aliphatic heterocycles. The molecule has 1 aromatic heterocycles. The summed E-state index contributed by atoms with van der Waals surface area (Å²) in [7, 11) is 0. The lowest BCUT2D eigenvalue weighted by Crippen LogP contribution is -1.97. The number of hydrogen-bond acceptors (Lipinski definition) is 4. The Hall–Kier alpha value is -2.23. The van der Waals surface area contributed by atoms with Crippen LogP contribution in [0.1, 0.15) is 12.5 Å². The summed E-state index contributed by atoms with van der Waals surface area (Å²) in [4.78, 5) is 7.96. The second kappa shape index (κ2) is 5.21. The first-order valence-electron chi connectivity index (χ1n) is 5.31. The van der Waals surface area contributed by atoms with Gasteiger partial charge in [-0.2, -0.15) is 0 Å². The van der Waals surface area contributed by atoms with Gasteiger partial charge >= 0.3 is 0 Å². The summed E-state index contributed by atoms with van der Waals surface area (Å²) < 4.78 is 0. The highest BCUT2D eigenvalue weighted by atomic mass is 16.4. The predicted molar refractivity (Wildman–Crippen MR) is 66.1 cm³/mol. The Balaban J connectivity index is 2.19. The van der Waals surface area contributed by atoms with E-state index in [0.717, 1.165) is 16.7 Å². The van der Waals surface area contributed by atoms with Gasteiger partial charge in [-0.15, -0.1) is 0 Å². The molecule has 86 valence electrons. The van der Waals surface area contributed by atoms with E-state index in [-0.39, 0.29) is 0 Å². The van der Waals surface area contributed by atoms with Crippen molar-refractivity contribution >= 4 is 5.71 Å². The Morgan fingerprint density at radius 3 is 2.35 bits per heavy atom. The van der Waals surface area contributed by atoms with Crippen LogP contribution in [-0.4, -0.2) is 20.9 Å². The fraction of sp³-hybridized carbons (Fsp3) is 0.154. The molecule has 17 heavy (non-hydrogen) atoms. The average molecular weight is 227 g/mol. The van der Waals surface area contributed by atoms with E-state index in [4.69, 9.17) is 5.21 Å². The fourth-order valence-corrected chi connectivity index (χ4v) is 1.59. The topological polar surface area (TPSA) is 58.4 Å². The van der Waals surface area contributed by atoms with Gasteiger partial charge in [0.25, 0.3) is 0 Å². The van der Waals surface area contributed by atoms with Crippen molar-refractivity contribution in [3.63, 3.8) is 0 Å². The monoisotopic (exact) mass is 227 g/mol. The van der Waals surface area contributed by atoms with Crippen molar-refractivity contribution in [2.75, 3.05) is 0 Å². The summed E-state index contributed by atoms with van der Waals surface area (Å²) >= 11 is 0. The van der Waals surface area contributed by atoms with Gasteiger partial charge in [0.05, 0.1) is 5.71 Å². The maximum absolute atomic E-state index is 8.60. The largest absolute Gasteiger partial charge is 0.411 e. The van der Waals surface area contributed by atoms with Crippen LogP contribution < -0.4 is 0 Å². The molecule has 0 saturated carbocycles. The van der Waals surface area contributed by atoms with Gasteiger partial charge in [-0.3, -0.25) is 0 Å². The third kappa shape index (κ3) is 2.87. The van der Waals surface area contributed by atoms with Crippen LogP contribution in [0.15, 0.2) is 48.1 Å². The van der Waals surface area contributed by atoms with Crippen molar-refractivity contribution < 1.29 is 5.21 Å². The first kappa shape index (κ1) is 11.3. The van der Waals surface area contributed by atoms with Gasteiger partial charge < -0.3 is 5.21 Å². The molecule has 2 aromatic rings. The molecule has 0 radical (unpaired) electrons. The van der Waals surface area contributed by atoms with Crippen LogP contribution in [0.4, 0.5) is 0 Å². The second-order valence-electron chi connectivity index (χ2n) is 3.84. The van der Waals surface area contributed by atoms with Crippen LogP contribution in [0, 0.1) is 0 Å². The Morgan fingerprint density at radius 1 is 1.12 bits per heavy atom. The molecule has 2 rings (SSSR count). The second-order valence-corrected chi connectivity index (χ2v) is 3.84. The van der Waals surface area contributed by atoms with Crippen LogP contribution in [-0.2, 0) is 6.42 Å². The molecule has 0 bridgehead atoms. The summed E-state index contributed by atoms with van der Waals surface area (Å²) in [5, 5.41) is 11.8. The van der Waals surface area contributed by atoms with E-state index in [0.29, 0.717) is 12.1 Å². The molecule has 4 nitrogen and oxygen atoms in total. The van der Waals surface area contributed by atoms with Gasteiger partial charge in [-0.05, 0) is 18.1 Å². The van der Waals surface area contributed by atoms with E-state index >= 15 is 0 Å². The highest BCUT2D eigenvalue weighted by molar-refractivity contribution is 5.83. The minimum absolute atomic E-state index is 0.655. The van der Waals surface area contributed by atoms with Gasteiger partial charge in [0.15, 0.2) is 0 Å². The smallest absolute Gasteiger partial charge is 0.115 e. The molecule has 0 saturated heterocycles. The summed E-state index contributed by atoms with van der Waals surface area (Å²) in [5.74, 6) is 0. The Bertz CT molecular complexity index is 506. The molecule has 0 fully saturated rings. The lowest BCUT2D eigenvalue weighted by Gasteiger charge is -2.03. The fourth-order valence-electron chi connectivity index (χ4n) is 1.59. The van der Waals surface area contributed by atoms with E-state index in [1.54, 1.807) is 19.3 Å². The van der Waals surface area contributed by atoms with Gasteiger partial charge in [-0.25, -0.2) is 9.97 Å². The Labute approximate surface area is 99.7 Å². The average Bonchev–Trinajstić information content (AvgIpc) is 2.40. The van der Waals surface area contributed by atoms with E-state index < -0.39 is 0 Å². The maximum Gasteiger partial charge on any atom is 0.115 e. The zero-order valence-corrected chi connectivity index (χ0v) is 9.54. The standard InChI is InChI=1S/C13H13N3O/c1-10(16-17)6-11-2-4-12(5-3-11)13-7-14-9-15-8-13/h2-5,7-9,17H,6H2,1H3/b16-10+. The van der Waals surface area contributed by atoms with E-state index in [2.05, 4.69) is 15.1 Å². The van der Waals surface area contributed by atoms with Gasteiger partial charge in [0.1, 0.15) is 6.33 Å². The number of nitrogens with zero attached hydrogens (tertiary/aromatic N) is 3. The number of hydrogen-bond donors (Lipinski definition) is 1. The summed E-state index contributed by atoms with van der Waals surface area (Å²) in [6, 6.07) is 8.05. The van der Waals surface area contributed by atoms with Crippen molar-refractivity contribution in [3.05, 3.63) is 48.5 Å². The molecule has 1 aromatic carbocycles. The number of aromatic nitrogens is 2. The van der Waals surface area contributed by atoms with Crippen LogP contribution in [0.5, 0.6) is 0 Å². The van der Waals surface area contributed by atoms with Crippen LogP contribution >= 0.6 is 0 Å². The predicted octanol–water partition coefficient (Wildman–Crippen LogP) is 2.54. The molecule has 4 heteroatoms. The van der Waals surface area contributed by atoms with Crippen LogP contribution in [0.3, 0.4) is 0 Å². The van der Waals surface area contributed by atoms with E-state index in [9.17, 15) is 0 Å².